The molecule has 3 aliphatic heterocycles. The van der Waals surface area contributed by atoms with Crippen LogP contribution in [0.25, 0.3) is 11.1 Å². The normalized spacial score (nSPS) is 17.9. The second kappa shape index (κ2) is 28.1. The first-order valence-electron chi connectivity index (χ1n) is 28.5. The number of hydrogen-bond donors (Lipinski definition) is 3. The number of piperazine rings is 2. The first-order valence-corrected chi connectivity index (χ1v) is 28.5. The fraction of sp³-hybridized carbons (Fsp3) is 0.455. The topological polar surface area (TPSA) is 149 Å². The number of benzene rings is 5. The van der Waals surface area contributed by atoms with E-state index in [9.17, 15) is 24.1 Å². The van der Waals surface area contributed by atoms with Crippen LogP contribution in [0.5, 0.6) is 0 Å². The number of rotatable bonds is 17. The summed E-state index contributed by atoms with van der Waals surface area (Å²) >= 11 is 0. The highest BCUT2D eigenvalue weighted by Gasteiger charge is 2.58. The molecular weight excluding hydrogens is 1090 g/mol. The van der Waals surface area contributed by atoms with Crippen LogP contribution in [0.2, 0.25) is 0 Å². The first-order chi connectivity index (χ1) is 39.1. The molecule has 10 rings (SSSR count). The Morgan fingerprint density at radius 2 is 1.00 bits per heavy atom. The third-order valence-electron chi connectivity index (χ3n) is 17.2. The number of nitrogens with zero attached hydrogens (tertiary/aromatic N) is 9. The zero-order valence-corrected chi connectivity index (χ0v) is 48.1. The minimum absolute atomic E-state index is 0. The summed E-state index contributed by atoms with van der Waals surface area (Å²) in [5.41, 5.74) is 3.43. The molecule has 19 heteroatoms. The Labute approximate surface area is 501 Å². The van der Waals surface area contributed by atoms with Crippen molar-refractivity contribution in [3.63, 3.8) is 0 Å². The largest absolute Gasteiger partial charge is 0.494 e. The van der Waals surface area contributed by atoms with E-state index in [2.05, 4.69) is 149 Å². The minimum atomic E-state index is -4.14. The molecular formula is C66H88BF4N9O5. The van der Waals surface area contributed by atoms with E-state index in [0.717, 1.165) is 128 Å². The zero-order chi connectivity index (χ0) is 58.6. The van der Waals surface area contributed by atoms with Crippen molar-refractivity contribution in [1.29, 1.82) is 0 Å². The number of pyridine rings is 1. The summed E-state index contributed by atoms with van der Waals surface area (Å²) in [5.74, 6) is -6.00. The summed E-state index contributed by atoms with van der Waals surface area (Å²) in [4.78, 5) is 13.4. The molecule has 0 aliphatic carbocycles. The number of hydrogen-bond acceptors (Lipinski definition) is 13. The molecule has 7 aromatic rings. The van der Waals surface area contributed by atoms with Gasteiger partial charge < -0.3 is 44.2 Å². The molecule has 5 heterocycles. The van der Waals surface area contributed by atoms with Gasteiger partial charge in [-0.1, -0.05) is 117 Å². The van der Waals surface area contributed by atoms with Gasteiger partial charge in [0.2, 0.25) is 0 Å². The van der Waals surface area contributed by atoms with Crippen molar-refractivity contribution < 1.29 is 42.2 Å². The van der Waals surface area contributed by atoms with E-state index in [0.29, 0.717) is 11.6 Å². The zero-order valence-electron chi connectivity index (χ0n) is 48.1. The Bertz CT molecular complexity index is 3150. The predicted octanol–water partition coefficient (Wildman–Crippen LogP) is 12.4. The number of aromatic nitrogens is 5. The lowest BCUT2D eigenvalue weighted by atomic mass is 9.79. The first kappa shape index (κ1) is 67.2. The molecule has 85 heavy (non-hydrogen) atoms. The third-order valence-corrected chi connectivity index (χ3v) is 17.2. The smallest absolute Gasteiger partial charge is 0.399 e. The van der Waals surface area contributed by atoms with Gasteiger partial charge >= 0.3 is 13.0 Å². The lowest BCUT2D eigenvalue weighted by Gasteiger charge is -2.37. The van der Waals surface area contributed by atoms with Crippen LogP contribution in [0.1, 0.15) is 125 Å². The summed E-state index contributed by atoms with van der Waals surface area (Å²) in [6, 6.07) is 37.5. The molecule has 5 aromatic carbocycles. The van der Waals surface area contributed by atoms with E-state index in [1.807, 2.05) is 43.3 Å². The molecule has 5 atom stereocenters. The molecule has 4 unspecified atom stereocenters. The standard InChI is InChI=1S/C36H37F4N7O2.C27H39BN2O3.3CH4/c1-3-24(2)34(48)26-6-12-30(13-7-26)46-18-16-45(17-19-46)29-10-4-25(5-11-29)27-8-15-33(41-21-27)36(39,40)35(49,22-47-23-42-43-44-47)31-14-9-28(37)20-32(31)38;1-7-20(2)25(31)21-8-12-23(13-9-21)29-16-18-30(19-17-29)24-14-10-22(11-15-24)28-32-26(3,4)27(5,6)33-28;;;/h4-15,20-21,23-24,34,48-49H,3,16-19,22H2,1-2H3;8-15,20,25,31H,7,16-19H2,1-6H3;3*1H4/t24?,34?,35-;;;;/m0..../s1. The number of alkyl halides is 2. The van der Waals surface area contributed by atoms with Gasteiger partial charge in [0.05, 0.1) is 30.0 Å². The number of anilines is 4. The van der Waals surface area contributed by atoms with Gasteiger partial charge in [-0.2, -0.15) is 8.78 Å². The average Bonchev–Trinajstić information content (AvgIpc) is 4.09. The fourth-order valence-corrected chi connectivity index (χ4v) is 10.6. The van der Waals surface area contributed by atoms with E-state index < -0.39 is 47.1 Å². The summed E-state index contributed by atoms with van der Waals surface area (Å²) < 4.78 is 73.9. The molecule has 0 saturated carbocycles. The predicted molar refractivity (Wildman–Crippen MR) is 335 cm³/mol. The van der Waals surface area contributed by atoms with Gasteiger partial charge in [-0.05, 0) is 139 Å². The fourth-order valence-electron chi connectivity index (χ4n) is 10.6. The minimum Gasteiger partial charge on any atom is -0.399 e. The summed E-state index contributed by atoms with van der Waals surface area (Å²) in [6.07, 6.45) is 3.29. The Morgan fingerprint density at radius 1 is 0.588 bits per heavy atom. The van der Waals surface area contributed by atoms with E-state index in [1.54, 1.807) is 0 Å². The Morgan fingerprint density at radius 3 is 1.38 bits per heavy atom. The van der Waals surface area contributed by atoms with Gasteiger partial charge in [-0.15, -0.1) is 5.10 Å². The van der Waals surface area contributed by atoms with Crippen LogP contribution in [0.3, 0.4) is 0 Å². The number of tetrazole rings is 1. The quantitative estimate of drug-likeness (QED) is 0.0587. The Balaban J connectivity index is 0.000000282. The molecule has 0 radical (unpaired) electrons. The maximum Gasteiger partial charge on any atom is 0.494 e. The van der Waals surface area contributed by atoms with Crippen LogP contribution in [0.4, 0.5) is 40.3 Å². The molecule has 14 nitrogen and oxygen atoms in total. The number of aliphatic hydroxyl groups is 3. The number of aliphatic hydroxyl groups excluding tert-OH is 2. The van der Waals surface area contributed by atoms with Gasteiger partial charge in [-0.3, -0.25) is 4.98 Å². The third kappa shape index (κ3) is 14.7. The van der Waals surface area contributed by atoms with E-state index >= 15 is 8.78 Å². The van der Waals surface area contributed by atoms with Crippen molar-refractivity contribution in [3.8, 4) is 11.1 Å². The molecule has 458 valence electrons. The molecule has 3 N–H and O–H groups in total. The van der Waals surface area contributed by atoms with Crippen LogP contribution >= 0.6 is 0 Å². The van der Waals surface area contributed by atoms with Gasteiger partial charge in [0.25, 0.3) is 0 Å². The van der Waals surface area contributed by atoms with Gasteiger partial charge in [-0.25, -0.2) is 13.5 Å². The van der Waals surface area contributed by atoms with Crippen LogP contribution in [0.15, 0.2) is 140 Å². The van der Waals surface area contributed by atoms with Gasteiger partial charge in [0, 0.05) is 98.5 Å². The molecule has 3 aliphatic rings. The molecule has 0 spiro atoms. The monoisotopic (exact) mass is 1170 g/mol. The Kier molecular flexibility index (Phi) is 22.2. The molecule has 3 fully saturated rings. The SMILES string of the molecule is C.C.C.CCC(C)C(O)c1ccc(N2CCN(c3ccc(-c4ccc(C(F)(F)[C@](O)(Cn5cnnn5)c5ccc(F)cc5F)nc4)cc3)CC2)cc1.CCC(C)C(O)c1ccc(N2CCN(c3ccc(B4OC(C)(C)C(C)(C)O4)cc3)CC2)cc1. The van der Waals surface area contributed by atoms with Crippen molar-refractivity contribution in [1.82, 2.24) is 25.2 Å². The summed E-state index contributed by atoms with van der Waals surface area (Å²) in [5, 5.41) is 42.7. The highest BCUT2D eigenvalue weighted by Crippen LogP contribution is 2.47. The molecule has 0 bridgehead atoms. The van der Waals surface area contributed by atoms with Crippen molar-refractivity contribution in [3.05, 3.63) is 174 Å². The van der Waals surface area contributed by atoms with E-state index in [4.69, 9.17) is 9.31 Å². The average molecular weight is 1170 g/mol. The highest BCUT2D eigenvalue weighted by molar-refractivity contribution is 6.62. The van der Waals surface area contributed by atoms with Crippen LogP contribution in [-0.2, 0) is 27.4 Å². The maximum absolute atomic E-state index is 16.1. The molecule has 2 aromatic heterocycles. The highest BCUT2D eigenvalue weighted by atomic mass is 19.3. The van der Waals surface area contributed by atoms with Gasteiger partial charge in [0.15, 0.2) is 5.60 Å². The Hall–Kier alpha value is -6.90. The number of halogens is 4. The van der Waals surface area contributed by atoms with Crippen LogP contribution in [-0.4, -0.2) is 111 Å². The van der Waals surface area contributed by atoms with Crippen molar-refractivity contribution in [2.75, 3.05) is 72.0 Å². The second-order valence-corrected chi connectivity index (χ2v) is 23.0. The van der Waals surface area contributed by atoms with Crippen LogP contribution in [0, 0.1) is 23.5 Å². The lowest BCUT2D eigenvalue weighted by Crippen LogP contribution is -2.48. The van der Waals surface area contributed by atoms with Crippen molar-refractivity contribution in [2.45, 2.75) is 132 Å². The van der Waals surface area contributed by atoms with E-state index in [1.165, 1.54) is 23.6 Å². The second-order valence-electron chi connectivity index (χ2n) is 23.0. The summed E-state index contributed by atoms with van der Waals surface area (Å²) in [7, 11) is -0.317. The van der Waals surface area contributed by atoms with Crippen molar-refractivity contribution >= 4 is 35.3 Å². The summed E-state index contributed by atoms with van der Waals surface area (Å²) in [6.45, 7) is 22.9. The van der Waals surface area contributed by atoms with Crippen LogP contribution < -0.4 is 25.1 Å². The molecule has 3 saturated heterocycles. The maximum atomic E-state index is 16.1. The van der Waals surface area contributed by atoms with Crippen molar-refractivity contribution in [2.24, 2.45) is 11.8 Å². The van der Waals surface area contributed by atoms with Gasteiger partial charge in [0.1, 0.15) is 23.7 Å². The lowest BCUT2D eigenvalue weighted by molar-refractivity contribution is -0.207. The van der Waals surface area contributed by atoms with E-state index in [-0.39, 0.29) is 58.5 Å². The molecule has 0 amide bonds.